The van der Waals surface area contributed by atoms with Crippen molar-refractivity contribution in [2.75, 3.05) is 0 Å². The molecule has 0 amide bonds. The van der Waals surface area contributed by atoms with E-state index in [9.17, 15) is 0 Å². The summed E-state index contributed by atoms with van der Waals surface area (Å²) in [5, 5.41) is 8.91. The molecule has 0 saturated carbocycles. The molecule has 0 nitrogen and oxygen atoms in total. The van der Waals surface area contributed by atoms with E-state index < -0.39 is 7.92 Å². The number of hydrogen-bond acceptors (Lipinski definition) is 0. The Bertz CT molecular complexity index is 1230. The second-order valence-electron chi connectivity index (χ2n) is 6.76. The maximum absolute atomic E-state index is 5.64. The van der Waals surface area contributed by atoms with Gasteiger partial charge in [-0.25, -0.2) is 0 Å². The molecular weight excluding hydrogens is 473 g/mol. The Hall–Kier alpha value is -1.88. The van der Waals surface area contributed by atoms with Gasteiger partial charge in [0, 0.05) is 0 Å². The van der Waals surface area contributed by atoms with E-state index in [-0.39, 0.29) is 24.8 Å². The van der Waals surface area contributed by atoms with Crippen LogP contribution >= 0.6 is 7.92 Å². The molecule has 0 aliphatic carbocycles. The summed E-state index contributed by atoms with van der Waals surface area (Å²) in [5.74, 6) is 0. The van der Waals surface area contributed by atoms with Gasteiger partial charge in [-0.2, -0.15) is 0 Å². The summed E-state index contributed by atoms with van der Waals surface area (Å²) in [6.45, 7) is 0. The fraction of sp³-hybridized carbons (Fsp3) is 0. The van der Waals surface area contributed by atoms with Crippen molar-refractivity contribution >= 4 is 49.9 Å². The number of hydrogen-bond donors (Lipinski definition) is 0. The molecule has 0 aliphatic heterocycles. The van der Waals surface area contributed by atoms with Crippen molar-refractivity contribution in [2.24, 2.45) is 0 Å². The zero-order valence-corrected chi connectivity index (χ0v) is 19.3. The van der Waals surface area contributed by atoms with Gasteiger partial charge in [0.1, 0.15) is 0 Å². The number of benzene rings is 5. The van der Waals surface area contributed by atoms with Crippen LogP contribution in [0.3, 0.4) is 0 Å². The minimum atomic E-state index is -0.677. The van der Waals surface area contributed by atoms with Crippen LogP contribution in [0, 0.1) is 0 Å². The van der Waals surface area contributed by atoms with E-state index in [1.165, 1.54) is 37.5 Å². The van der Waals surface area contributed by atoms with E-state index in [0.29, 0.717) is 0 Å². The minimum absolute atomic E-state index is 0. The molecule has 0 heterocycles. The zero-order valence-electron chi connectivity index (χ0n) is 15.9. The van der Waals surface area contributed by atoms with Gasteiger partial charge in [-0.1, -0.05) is 0 Å². The van der Waals surface area contributed by atoms with Crippen LogP contribution in [0.2, 0.25) is 0 Å². The van der Waals surface area contributed by atoms with E-state index >= 15 is 0 Å². The first-order valence-corrected chi connectivity index (χ1v) is 11.1. The van der Waals surface area contributed by atoms with Crippen LogP contribution in [0.4, 0.5) is 0 Å². The molecule has 151 valence electrons. The Balaban J connectivity index is 0.00000128. The molecule has 0 radical (unpaired) electrons. The van der Waals surface area contributed by atoms with Crippen molar-refractivity contribution in [3.8, 4) is 0 Å². The van der Waals surface area contributed by atoms with Crippen LogP contribution in [0.25, 0.3) is 21.5 Å². The van der Waals surface area contributed by atoms with Crippen molar-refractivity contribution in [3.63, 3.8) is 0 Å². The molecule has 5 rings (SSSR count). The molecule has 0 N–H and O–H groups in total. The number of rotatable bonds is 3. The summed E-state index contributed by atoms with van der Waals surface area (Å²) in [7, 11) is -0.677. The summed E-state index contributed by atoms with van der Waals surface area (Å²) < 4.78 is 1.00. The van der Waals surface area contributed by atoms with Gasteiger partial charge in [-0.05, 0) is 0 Å². The average Bonchev–Trinajstić information content (AvgIpc) is 2.76. The Morgan fingerprint density at radius 3 is 1.70 bits per heavy atom. The molecular formula is C26H18Cl2NiP. The Morgan fingerprint density at radius 1 is 0.533 bits per heavy atom. The second kappa shape index (κ2) is 9.95. The second-order valence-corrected chi connectivity index (χ2v) is 9.44. The Labute approximate surface area is 198 Å². The van der Waals surface area contributed by atoms with Gasteiger partial charge in [0.25, 0.3) is 0 Å². The third-order valence-corrected chi connectivity index (χ3v) is 8.04. The predicted octanol–water partition coefficient (Wildman–Crippen LogP) is -1.07. The summed E-state index contributed by atoms with van der Waals surface area (Å²) in [5.41, 5.74) is 0. The Kier molecular flexibility index (Phi) is 7.57. The third-order valence-electron chi connectivity index (χ3n) is 5.04. The normalized spacial score (nSPS) is 10.6. The average molecular weight is 491 g/mol. The maximum atomic E-state index is 5.64. The molecule has 0 aromatic heterocycles. The first-order valence-electron chi connectivity index (χ1n) is 9.30. The summed E-state index contributed by atoms with van der Waals surface area (Å²) in [6.07, 6.45) is 0. The molecule has 5 aromatic carbocycles. The van der Waals surface area contributed by atoms with Gasteiger partial charge in [0.15, 0.2) is 0 Å². The molecule has 30 heavy (non-hydrogen) atoms. The van der Waals surface area contributed by atoms with Crippen molar-refractivity contribution in [1.29, 1.82) is 0 Å². The summed E-state index contributed by atoms with van der Waals surface area (Å²) in [4.78, 5) is 0. The van der Waals surface area contributed by atoms with Crippen LogP contribution in [-0.2, 0) is 15.5 Å². The molecule has 4 heteroatoms. The summed E-state index contributed by atoms with van der Waals surface area (Å²) in [6, 6.07) is 39.0. The predicted molar refractivity (Wildman–Crippen MR) is 120 cm³/mol. The van der Waals surface area contributed by atoms with Crippen LogP contribution in [0.5, 0.6) is 0 Å². The SMILES string of the molecule is [Cl-].[Cl-].[Ni+2][c]1c2ccccc2cc2cccc(P(c3ccccc3)c3ccccc3)c12. The topological polar surface area (TPSA) is 0 Å². The Morgan fingerprint density at radius 2 is 1.07 bits per heavy atom. The van der Waals surface area contributed by atoms with E-state index in [1.807, 2.05) is 0 Å². The monoisotopic (exact) mass is 489 g/mol. The van der Waals surface area contributed by atoms with Gasteiger partial charge in [-0.3, -0.25) is 0 Å². The summed E-state index contributed by atoms with van der Waals surface area (Å²) >= 11 is 5.64. The van der Waals surface area contributed by atoms with E-state index in [2.05, 4.69) is 109 Å². The molecule has 0 bridgehead atoms. The van der Waals surface area contributed by atoms with Crippen LogP contribution in [0.15, 0.2) is 109 Å². The van der Waals surface area contributed by atoms with Crippen molar-refractivity contribution in [2.45, 2.75) is 0 Å². The molecule has 0 saturated heterocycles. The molecule has 0 aliphatic rings. The quantitative estimate of drug-likeness (QED) is 0.172. The van der Waals surface area contributed by atoms with E-state index in [4.69, 9.17) is 15.5 Å². The third kappa shape index (κ3) is 4.14. The van der Waals surface area contributed by atoms with Gasteiger partial charge >= 0.3 is 175 Å². The molecule has 5 aromatic rings. The molecule has 0 fully saturated rings. The van der Waals surface area contributed by atoms with Gasteiger partial charge < -0.3 is 24.8 Å². The van der Waals surface area contributed by atoms with Gasteiger partial charge in [0.2, 0.25) is 0 Å². The van der Waals surface area contributed by atoms with Crippen LogP contribution in [-0.4, -0.2) is 0 Å². The van der Waals surface area contributed by atoms with Crippen molar-refractivity contribution in [1.82, 2.24) is 0 Å². The molecule has 0 spiro atoms. The molecule has 0 unspecified atom stereocenters. The number of halogens is 2. The first-order chi connectivity index (χ1) is 13.8. The first kappa shape index (κ1) is 22.8. The van der Waals surface area contributed by atoms with Crippen molar-refractivity contribution < 1.29 is 40.3 Å². The fourth-order valence-electron chi connectivity index (χ4n) is 3.78. The van der Waals surface area contributed by atoms with E-state index in [1.54, 1.807) is 0 Å². The van der Waals surface area contributed by atoms with Crippen LogP contribution < -0.4 is 45.3 Å². The van der Waals surface area contributed by atoms with Gasteiger partial charge in [-0.15, -0.1) is 0 Å². The standard InChI is InChI=1S/C26H18P.2ClH.Ni/c1-3-13-23(14-4-1)27(24-15-5-2-6-16-24)26-17-9-12-22-18-20-10-7-8-11-21(20)19-25(22)26;;;/h1-18H;2*1H;/q;;;+2/p-2. The van der Waals surface area contributed by atoms with E-state index in [0.717, 1.165) is 4.53 Å². The van der Waals surface area contributed by atoms with Gasteiger partial charge in [0.05, 0.1) is 0 Å². The van der Waals surface area contributed by atoms with Crippen LogP contribution in [0.1, 0.15) is 0 Å². The zero-order chi connectivity index (χ0) is 18.9. The number of fused-ring (bicyclic) bond motifs is 2. The fourth-order valence-corrected chi connectivity index (χ4v) is 6.86. The van der Waals surface area contributed by atoms with Crippen molar-refractivity contribution in [3.05, 3.63) is 109 Å². The molecule has 0 atom stereocenters.